The zero-order chi connectivity index (χ0) is 44.5. The van der Waals surface area contributed by atoms with E-state index in [-0.39, 0.29) is 39.6 Å². The van der Waals surface area contributed by atoms with E-state index in [1.54, 1.807) is 0 Å². The van der Waals surface area contributed by atoms with Gasteiger partial charge in [-0.1, -0.05) is 182 Å². The van der Waals surface area contributed by atoms with E-state index in [0.29, 0.717) is 6.61 Å². The molecule has 2 saturated heterocycles. The maximum atomic E-state index is 12.1. The van der Waals surface area contributed by atoms with Crippen molar-refractivity contribution < 1.29 is 52.8 Å². The molecular formula is C54H58O11. The third-order valence-corrected chi connectivity index (χ3v) is 11.5. The van der Waals surface area contributed by atoms with E-state index in [2.05, 4.69) is 0 Å². The minimum atomic E-state index is -1.53. The van der Waals surface area contributed by atoms with Crippen molar-refractivity contribution in [2.45, 2.75) is 101 Å². The minimum absolute atomic E-state index is 0.0918. The molecule has 0 saturated carbocycles. The largest absolute Gasteiger partial charge is 0.394 e. The normalized spacial score (nSPS) is 25.6. The molecule has 10 atom stereocenters. The molecule has 2 fully saturated rings. The van der Waals surface area contributed by atoms with Crippen molar-refractivity contribution in [3.8, 4) is 0 Å². The summed E-state index contributed by atoms with van der Waals surface area (Å²) in [6.45, 7) is 1.02. The fourth-order valence-electron chi connectivity index (χ4n) is 8.12. The predicted octanol–water partition coefficient (Wildman–Crippen LogP) is 7.95. The summed E-state index contributed by atoms with van der Waals surface area (Å²) in [5.74, 6) is 0. The molecule has 11 heteroatoms. The molecule has 2 aliphatic rings. The maximum absolute atomic E-state index is 12.1. The molecule has 6 aromatic carbocycles. The van der Waals surface area contributed by atoms with Crippen molar-refractivity contribution in [3.05, 3.63) is 215 Å². The van der Waals surface area contributed by atoms with E-state index in [9.17, 15) is 10.2 Å². The molecule has 2 N–H and O–H groups in total. The topological polar surface area (TPSA) is 124 Å². The highest BCUT2D eigenvalue weighted by Crippen LogP contribution is 2.36. The molecule has 0 spiro atoms. The third kappa shape index (κ3) is 13.3. The van der Waals surface area contributed by atoms with Crippen molar-refractivity contribution in [2.24, 2.45) is 0 Å². The molecule has 0 unspecified atom stereocenters. The second-order valence-electron chi connectivity index (χ2n) is 16.2. The first-order chi connectivity index (χ1) is 32.1. The van der Waals surface area contributed by atoms with E-state index in [4.69, 9.17) is 42.6 Å². The summed E-state index contributed by atoms with van der Waals surface area (Å²) in [5.41, 5.74) is 5.64. The molecule has 8 rings (SSSR count). The number of benzene rings is 6. The Bertz CT molecular complexity index is 2210. The second-order valence-corrected chi connectivity index (χ2v) is 16.2. The highest BCUT2D eigenvalue weighted by atomic mass is 16.8. The molecule has 6 aromatic rings. The summed E-state index contributed by atoms with van der Waals surface area (Å²) in [6, 6.07) is 58.9. The van der Waals surface area contributed by atoms with Gasteiger partial charge in [0.25, 0.3) is 0 Å². The average Bonchev–Trinajstić information content (AvgIpc) is 3.36. The molecule has 2 aliphatic heterocycles. The highest BCUT2D eigenvalue weighted by Gasteiger charge is 2.54. The molecule has 0 amide bonds. The predicted molar refractivity (Wildman–Crippen MR) is 243 cm³/mol. The fraction of sp³-hybridized carbons (Fsp3) is 0.333. The first kappa shape index (κ1) is 46.4. The van der Waals surface area contributed by atoms with Gasteiger partial charge in [-0.15, -0.1) is 0 Å². The van der Waals surface area contributed by atoms with Crippen molar-refractivity contribution >= 4 is 0 Å². The summed E-state index contributed by atoms with van der Waals surface area (Å²) in [7, 11) is 0. The van der Waals surface area contributed by atoms with Crippen LogP contribution in [0.15, 0.2) is 182 Å². The van der Waals surface area contributed by atoms with Crippen molar-refractivity contribution in [1.82, 2.24) is 0 Å². The van der Waals surface area contributed by atoms with Crippen LogP contribution < -0.4 is 0 Å². The lowest BCUT2D eigenvalue weighted by molar-refractivity contribution is -0.378. The van der Waals surface area contributed by atoms with Gasteiger partial charge in [0.1, 0.15) is 48.8 Å². The lowest BCUT2D eigenvalue weighted by atomic mass is 9.96. The molecule has 11 nitrogen and oxygen atoms in total. The van der Waals surface area contributed by atoms with Crippen LogP contribution in [0.2, 0.25) is 0 Å². The van der Waals surface area contributed by atoms with Crippen LogP contribution in [0, 0.1) is 0 Å². The molecule has 0 aliphatic carbocycles. The van der Waals surface area contributed by atoms with Gasteiger partial charge >= 0.3 is 0 Å². The Hall–Kier alpha value is -5.12. The smallest absolute Gasteiger partial charge is 0.187 e. The minimum Gasteiger partial charge on any atom is -0.394 e. The third-order valence-electron chi connectivity index (χ3n) is 11.5. The quantitative estimate of drug-likeness (QED) is 0.0691. The number of hydrogen-bond donors (Lipinski definition) is 2. The van der Waals surface area contributed by atoms with Gasteiger partial charge in [-0.25, -0.2) is 0 Å². The SMILES string of the molecule is OC[C@H]1O[C@H](O[C@H]2[C@@H](OCc3ccccc3)[C@H](OCc3ccccc3)[C@@H](COCc3ccccc3)O[C@@H]2O)[C@@H](OCc2ccccc2)[C@@H](OCc2ccccc2)[C@@H]1OCc1ccccc1. The van der Waals surface area contributed by atoms with Crippen molar-refractivity contribution in [3.63, 3.8) is 0 Å². The fourth-order valence-corrected chi connectivity index (χ4v) is 8.12. The first-order valence-corrected chi connectivity index (χ1v) is 22.3. The van der Waals surface area contributed by atoms with E-state index in [1.165, 1.54) is 0 Å². The zero-order valence-electron chi connectivity index (χ0n) is 36.3. The van der Waals surface area contributed by atoms with Gasteiger partial charge in [0.15, 0.2) is 12.6 Å². The van der Waals surface area contributed by atoms with Crippen LogP contribution in [0.3, 0.4) is 0 Å². The lowest BCUT2D eigenvalue weighted by Crippen LogP contribution is -2.66. The first-order valence-electron chi connectivity index (χ1n) is 22.3. The summed E-state index contributed by atoms with van der Waals surface area (Å²) in [4.78, 5) is 0. The van der Waals surface area contributed by atoms with Gasteiger partial charge in [0.05, 0.1) is 52.9 Å². The highest BCUT2D eigenvalue weighted by molar-refractivity contribution is 5.18. The number of aliphatic hydroxyl groups is 2. The van der Waals surface area contributed by atoms with Gasteiger partial charge < -0.3 is 52.8 Å². The van der Waals surface area contributed by atoms with Crippen LogP contribution >= 0.6 is 0 Å². The van der Waals surface area contributed by atoms with Crippen molar-refractivity contribution in [1.29, 1.82) is 0 Å². The van der Waals surface area contributed by atoms with Crippen LogP contribution in [0.25, 0.3) is 0 Å². The molecule has 65 heavy (non-hydrogen) atoms. The van der Waals surface area contributed by atoms with Gasteiger partial charge in [0.2, 0.25) is 0 Å². The number of aliphatic hydroxyl groups excluding tert-OH is 2. The summed E-state index contributed by atoms with van der Waals surface area (Å²) in [5, 5.41) is 23.1. The Labute approximate surface area is 381 Å². The second kappa shape index (κ2) is 24.4. The summed E-state index contributed by atoms with van der Waals surface area (Å²) < 4.78 is 60.1. The number of ether oxygens (including phenoxy) is 9. The van der Waals surface area contributed by atoms with Gasteiger partial charge in [0, 0.05) is 0 Å². The Balaban J connectivity index is 1.12. The van der Waals surface area contributed by atoms with Crippen LogP contribution in [-0.2, 0) is 82.3 Å². The Morgan fingerprint density at radius 3 is 1.06 bits per heavy atom. The molecule has 0 bridgehead atoms. The standard InChI is InChI=1S/C54H58O11/c55-31-45-47(58-33-40-21-9-2-10-22-40)50(61-36-43-27-15-5-16-28-43)52(62-37-44-29-17-6-18-30-44)54(64-45)65-51-49(60-35-42-25-13-4-14-26-42)48(59-34-41-23-11-3-12-24-41)46(63-53(51)56)38-57-32-39-19-7-1-8-20-39/h1-30,45-56H,31-38H2/t45-,46-,47-,48-,49+,50+,51+,52+,53+,54-/m1/s1. The van der Waals surface area contributed by atoms with E-state index in [0.717, 1.165) is 33.4 Å². The van der Waals surface area contributed by atoms with Gasteiger partial charge in [-0.2, -0.15) is 0 Å². The summed E-state index contributed by atoms with van der Waals surface area (Å²) in [6.07, 6.45) is -9.91. The van der Waals surface area contributed by atoms with Crippen LogP contribution in [-0.4, -0.2) is 84.8 Å². The van der Waals surface area contributed by atoms with Crippen molar-refractivity contribution in [2.75, 3.05) is 13.2 Å². The Morgan fingerprint density at radius 2 is 0.677 bits per heavy atom. The Morgan fingerprint density at radius 1 is 0.354 bits per heavy atom. The van der Waals surface area contributed by atoms with Crippen LogP contribution in [0.1, 0.15) is 33.4 Å². The monoisotopic (exact) mass is 882 g/mol. The van der Waals surface area contributed by atoms with E-state index < -0.39 is 68.0 Å². The number of rotatable bonds is 22. The Kier molecular flexibility index (Phi) is 17.4. The molecule has 2 heterocycles. The molecule has 0 aromatic heterocycles. The van der Waals surface area contributed by atoms with Crippen LogP contribution in [0.4, 0.5) is 0 Å². The van der Waals surface area contributed by atoms with Gasteiger partial charge in [-0.05, 0) is 33.4 Å². The molecular weight excluding hydrogens is 825 g/mol. The zero-order valence-corrected chi connectivity index (χ0v) is 36.3. The van der Waals surface area contributed by atoms with E-state index in [1.807, 2.05) is 182 Å². The molecule has 0 radical (unpaired) electrons. The summed E-state index contributed by atoms with van der Waals surface area (Å²) >= 11 is 0. The maximum Gasteiger partial charge on any atom is 0.187 e. The van der Waals surface area contributed by atoms with Gasteiger partial charge in [-0.3, -0.25) is 0 Å². The number of hydrogen-bond acceptors (Lipinski definition) is 11. The lowest BCUT2D eigenvalue weighted by Gasteiger charge is -2.49. The average molecular weight is 883 g/mol. The molecule has 340 valence electrons. The van der Waals surface area contributed by atoms with E-state index >= 15 is 0 Å². The van der Waals surface area contributed by atoms with Crippen LogP contribution in [0.5, 0.6) is 0 Å².